The molecule has 1 aliphatic heterocycles. The van der Waals surface area contributed by atoms with E-state index in [0.29, 0.717) is 0 Å². The Morgan fingerprint density at radius 1 is 1.28 bits per heavy atom. The lowest BCUT2D eigenvalue weighted by Crippen LogP contribution is -2.48. The molecule has 0 amide bonds. The molecule has 2 rings (SSSR count). The van der Waals surface area contributed by atoms with Crippen LogP contribution in [0.25, 0.3) is 0 Å². The van der Waals surface area contributed by atoms with Crippen LogP contribution in [0, 0.1) is 11.8 Å². The first-order chi connectivity index (χ1) is 8.81. The lowest BCUT2D eigenvalue weighted by Gasteiger charge is -2.36. The molecule has 100 valence electrons. The molecular weight excluding hydrogens is 220 g/mol. The number of unbranched alkanes of at least 4 members (excludes halogenated alkanes) is 1. The van der Waals surface area contributed by atoms with E-state index < -0.39 is 0 Å². The Hall–Kier alpha value is -1.02. The van der Waals surface area contributed by atoms with Crippen molar-refractivity contribution in [2.75, 3.05) is 31.1 Å². The van der Waals surface area contributed by atoms with E-state index in [-0.39, 0.29) is 0 Å². The third-order valence-corrected chi connectivity index (χ3v) is 4.03. The van der Waals surface area contributed by atoms with Crippen molar-refractivity contribution in [2.45, 2.75) is 26.7 Å². The van der Waals surface area contributed by atoms with Gasteiger partial charge >= 0.3 is 0 Å². The van der Waals surface area contributed by atoms with E-state index in [0.717, 1.165) is 11.8 Å². The Morgan fingerprint density at radius 3 is 2.56 bits per heavy atom. The number of anilines is 1. The number of benzene rings is 1. The minimum atomic E-state index is 0.781. The van der Waals surface area contributed by atoms with Crippen LogP contribution in [0.2, 0.25) is 0 Å². The van der Waals surface area contributed by atoms with Crippen LogP contribution in [0.5, 0.6) is 0 Å². The molecule has 2 heteroatoms. The molecule has 0 aromatic heterocycles. The highest BCUT2D eigenvalue weighted by atomic mass is 15.1. The average Bonchev–Trinajstić information content (AvgIpc) is 2.33. The fraction of sp³-hybridized carbons (Fsp3) is 0.625. The van der Waals surface area contributed by atoms with Crippen LogP contribution in [-0.2, 0) is 0 Å². The van der Waals surface area contributed by atoms with E-state index in [1.165, 1.54) is 44.7 Å². The van der Waals surface area contributed by atoms with Crippen molar-refractivity contribution in [1.29, 1.82) is 0 Å². The van der Waals surface area contributed by atoms with Gasteiger partial charge in [-0.2, -0.15) is 0 Å². The van der Waals surface area contributed by atoms with Crippen molar-refractivity contribution in [3.05, 3.63) is 30.3 Å². The summed E-state index contributed by atoms with van der Waals surface area (Å²) in [4.78, 5) is 2.56. The zero-order valence-electron chi connectivity index (χ0n) is 11.7. The van der Waals surface area contributed by atoms with Gasteiger partial charge in [-0.3, -0.25) is 0 Å². The molecule has 1 aromatic carbocycles. The molecule has 0 bridgehead atoms. The largest absolute Gasteiger partial charge is 0.371 e. The van der Waals surface area contributed by atoms with Gasteiger partial charge in [0.15, 0.2) is 0 Å². The summed E-state index contributed by atoms with van der Waals surface area (Å²) in [5.41, 5.74) is 1.38. The number of hydrogen-bond acceptors (Lipinski definition) is 2. The van der Waals surface area contributed by atoms with E-state index in [9.17, 15) is 0 Å². The van der Waals surface area contributed by atoms with Gasteiger partial charge in [0.05, 0.1) is 0 Å². The summed E-state index contributed by atoms with van der Waals surface area (Å²) >= 11 is 0. The van der Waals surface area contributed by atoms with E-state index in [1.54, 1.807) is 0 Å². The Labute approximate surface area is 111 Å². The molecule has 1 unspecified atom stereocenters. The van der Waals surface area contributed by atoms with Gasteiger partial charge in [-0.05, 0) is 43.5 Å². The van der Waals surface area contributed by atoms with E-state index in [1.807, 2.05) is 0 Å². The van der Waals surface area contributed by atoms with Crippen LogP contribution < -0.4 is 10.2 Å². The van der Waals surface area contributed by atoms with Crippen molar-refractivity contribution in [3.63, 3.8) is 0 Å². The fourth-order valence-electron chi connectivity index (χ4n) is 2.52. The monoisotopic (exact) mass is 246 g/mol. The summed E-state index contributed by atoms with van der Waals surface area (Å²) in [6, 6.07) is 10.9. The summed E-state index contributed by atoms with van der Waals surface area (Å²) < 4.78 is 0. The predicted molar refractivity (Wildman–Crippen MR) is 79.1 cm³/mol. The Balaban J connectivity index is 1.95. The molecule has 2 nitrogen and oxygen atoms in total. The number of hydrogen-bond donors (Lipinski definition) is 1. The molecule has 1 N–H and O–H groups in total. The molecule has 1 aliphatic rings. The van der Waals surface area contributed by atoms with Crippen molar-refractivity contribution in [3.8, 4) is 0 Å². The minimum Gasteiger partial charge on any atom is -0.371 e. The number of rotatable bonds is 7. The van der Waals surface area contributed by atoms with Crippen molar-refractivity contribution < 1.29 is 0 Å². The highest BCUT2D eigenvalue weighted by molar-refractivity contribution is 5.45. The molecule has 1 aromatic rings. The van der Waals surface area contributed by atoms with Crippen molar-refractivity contribution in [1.82, 2.24) is 5.32 Å². The second-order valence-corrected chi connectivity index (χ2v) is 5.53. The van der Waals surface area contributed by atoms with Gasteiger partial charge in [-0.15, -0.1) is 0 Å². The second kappa shape index (κ2) is 6.79. The van der Waals surface area contributed by atoms with Gasteiger partial charge in [-0.25, -0.2) is 0 Å². The zero-order valence-corrected chi connectivity index (χ0v) is 11.7. The van der Waals surface area contributed by atoms with Crippen LogP contribution in [0.1, 0.15) is 26.7 Å². The quantitative estimate of drug-likeness (QED) is 0.795. The first-order valence-electron chi connectivity index (χ1n) is 7.32. The van der Waals surface area contributed by atoms with Crippen LogP contribution in [0.4, 0.5) is 5.69 Å². The van der Waals surface area contributed by atoms with Gasteiger partial charge in [0.25, 0.3) is 0 Å². The summed E-state index contributed by atoms with van der Waals surface area (Å²) in [6.45, 7) is 9.45. The minimum absolute atomic E-state index is 0.781. The summed E-state index contributed by atoms with van der Waals surface area (Å²) in [5, 5.41) is 3.38. The highest BCUT2D eigenvalue weighted by Gasteiger charge is 2.25. The molecule has 0 spiro atoms. The third kappa shape index (κ3) is 3.49. The fourth-order valence-corrected chi connectivity index (χ4v) is 2.52. The molecule has 1 saturated heterocycles. The van der Waals surface area contributed by atoms with Gasteiger partial charge < -0.3 is 10.2 Å². The van der Waals surface area contributed by atoms with Gasteiger partial charge in [0.1, 0.15) is 0 Å². The van der Waals surface area contributed by atoms with Crippen LogP contribution in [-0.4, -0.2) is 26.2 Å². The number of nitrogens with zero attached hydrogens (tertiary/aromatic N) is 1. The Bertz CT molecular complexity index is 332. The molecule has 1 heterocycles. The molecule has 18 heavy (non-hydrogen) atoms. The standard InChI is InChI=1S/C16H26N2/c1-3-4-10-18(16-8-6-5-7-9-16)13-14(2)15-11-17-12-15/h5-9,14-15,17H,3-4,10-13H2,1-2H3. The molecule has 0 radical (unpaired) electrons. The maximum Gasteiger partial charge on any atom is 0.0366 e. The number of para-hydroxylation sites is 1. The van der Waals surface area contributed by atoms with E-state index in [2.05, 4.69) is 54.4 Å². The first-order valence-corrected chi connectivity index (χ1v) is 7.32. The Kier molecular flexibility index (Phi) is 5.06. The third-order valence-electron chi connectivity index (χ3n) is 4.03. The Morgan fingerprint density at radius 2 is 2.00 bits per heavy atom. The molecule has 1 atom stereocenters. The maximum absolute atomic E-state index is 3.38. The van der Waals surface area contributed by atoms with E-state index >= 15 is 0 Å². The van der Waals surface area contributed by atoms with Crippen LogP contribution in [0.15, 0.2) is 30.3 Å². The molecule has 0 aliphatic carbocycles. The van der Waals surface area contributed by atoms with Gasteiger partial charge in [0.2, 0.25) is 0 Å². The molecule has 1 fully saturated rings. The highest BCUT2D eigenvalue weighted by Crippen LogP contribution is 2.21. The smallest absolute Gasteiger partial charge is 0.0366 e. The van der Waals surface area contributed by atoms with Gasteiger partial charge in [-0.1, -0.05) is 38.5 Å². The van der Waals surface area contributed by atoms with Crippen LogP contribution >= 0.6 is 0 Å². The summed E-state index contributed by atoms with van der Waals surface area (Å²) in [7, 11) is 0. The second-order valence-electron chi connectivity index (χ2n) is 5.53. The zero-order chi connectivity index (χ0) is 12.8. The SMILES string of the molecule is CCCCN(CC(C)C1CNC1)c1ccccc1. The summed E-state index contributed by atoms with van der Waals surface area (Å²) in [6.07, 6.45) is 2.55. The van der Waals surface area contributed by atoms with Crippen LogP contribution in [0.3, 0.4) is 0 Å². The van der Waals surface area contributed by atoms with E-state index in [4.69, 9.17) is 0 Å². The maximum atomic E-state index is 3.38. The molecule has 0 saturated carbocycles. The van der Waals surface area contributed by atoms with Crippen molar-refractivity contribution >= 4 is 5.69 Å². The normalized spacial score (nSPS) is 17.2. The predicted octanol–water partition coefficient (Wildman–Crippen LogP) is 3.15. The molecular formula is C16H26N2. The average molecular weight is 246 g/mol. The van der Waals surface area contributed by atoms with Crippen molar-refractivity contribution in [2.24, 2.45) is 11.8 Å². The topological polar surface area (TPSA) is 15.3 Å². The lowest BCUT2D eigenvalue weighted by atomic mass is 9.88. The number of nitrogens with one attached hydrogen (secondary N) is 1. The summed E-state index contributed by atoms with van der Waals surface area (Å²) in [5.74, 6) is 1.65. The van der Waals surface area contributed by atoms with Gasteiger partial charge in [0, 0.05) is 18.8 Å². The first kappa shape index (κ1) is 13.4. The lowest BCUT2D eigenvalue weighted by molar-refractivity contribution is 0.250.